The van der Waals surface area contributed by atoms with Crippen LogP contribution < -0.4 is 16.0 Å². The Morgan fingerprint density at radius 3 is 2.53 bits per heavy atom. The quantitative estimate of drug-likeness (QED) is 0.301. The average Bonchev–Trinajstić information content (AvgIpc) is 3.00. The van der Waals surface area contributed by atoms with Crippen molar-refractivity contribution in [2.75, 3.05) is 61.9 Å². The Bertz CT molecular complexity index is 1530. The minimum atomic E-state index is -3.65. The van der Waals surface area contributed by atoms with E-state index in [1.807, 2.05) is 18.2 Å². The number of ether oxygens (including phenoxy) is 1. The van der Waals surface area contributed by atoms with Crippen molar-refractivity contribution in [2.24, 2.45) is 0 Å². The van der Waals surface area contributed by atoms with E-state index >= 15 is 0 Å². The minimum Gasteiger partial charge on any atom is -0.379 e. The highest BCUT2D eigenvalue weighted by Crippen LogP contribution is 2.29. The van der Waals surface area contributed by atoms with Crippen LogP contribution in [0.3, 0.4) is 0 Å². The number of carbonyl (C=O) groups excluding carboxylic acids is 1. The van der Waals surface area contributed by atoms with Gasteiger partial charge >= 0.3 is 0 Å². The lowest BCUT2D eigenvalue weighted by atomic mass is 10.0. The van der Waals surface area contributed by atoms with E-state index in [0.29, 0.717) is 24.0 Å². The zero-order valence-corrected chi connectivity index (χ0v) is 25.9. The topological polar surface area (TPSA) is 142 Å². The van der Waals surface area contributed by atoms with Crippen molar-refractivity contribution >= 4 is 56.2 Å². The van der Waals surface area contributed by atoms with Crippen LogP contribution in [-0.2, 0) is 19.4 Å². The maximum Gasteiger partial charge on any atom is 0.238 e. The van der Waals surface area contributed by atoms with E-state index in [2.05, 4.69) is 40.7 Å². The van der Waals surface area contributed by atoms with Crippen LogP contribution in [0.25, 0.3) is 0 Å². The summed E-state index contributed by atoms with van der Waals surface area (Å²) in [7, 11) is -3.65. The number of hydrogen-bond acceptors (Lipinski definition) is 11. The number of hydrogen-bond donors (Lipinski definition) is 3. The van der Waals surface area contributed by atoms with Gasteiger partial charge in [-0.25, -0.2) is 18.4 Å². The van der Waals surface area contributed by atoms with Gasteiger partial charge in [0.15, 0.2) is 20.7 Å². The highest BCUT2D eigenvalue weighted by molar-refractivity contribution is 7.92. The molecule has 3 N–H and O–H groups in total. The first-order valence-electron chi connectivity index (χ1n) is 14.4. The monoisotopic (exact) mass is 628 g/mol. The third-order valence-electron chi connectivity index (χ3n) is 7.55. The molecule has 4 heterocycles. The molecule has 0 atom stereocenters. The van der Waals surface area contributed by atoms with Gasteiger partial charge in [0.1, 0.15) is 5.02 Å². The summed E-state index contributed by atoms with van der Waals surface area (Å²) in [5.41, 5.74) is 1.56. The molecule has 1 aromatic carbocycles. The Kier molecular flexibility index (Phi) is 10.1. The number of rotatable bonds is 10. The summed E-state index contributed by atoms with van der Waals surface area (Å²) in [4.78, 5) is 30.3. The first-order chi connectivity index (χ1) is 20.7. The molecule has 2 aromatic heterocycles. The third-order valence-corrected chi connectivity index (χ3v) is 9.93. The summed E-state index contributed by atoms with van der Waals surface area (Å²) in [5, 5.41) is 8.57. The number of nitrogens with one attached hydrogen (secondary N) is 3. The molecule has 0 spiro atoms. The molecule has 0 radical (unpaired) electrons. The maximum atomic E-state index is 12.8. The molecule has 0 bridgehead atoms. The Labute approximate surface area is 257 Å². The lowest BCUT2D eigenvalue weighted by Crippen LogP contribution is -2.50. The average molecular weight is 629 g/mol. The summed E-state index contributed by atoms with van der Waals surface area (Å²) in [5.74, 6) is 0.379. The van der Waals surface area contributed by atoms with Gasteiger partial charge in [-0.3, -0.25) is 14.6 Å². The fraction of sp³-hybridized carbons (Fsp3) is 0.448. The smallest absolute Gasteiger partial charge is 0.238 e. The molecule has 43 heavy (non-hydrogen) atoms. The number of halogens is 1. The summed E-state index contributed by atoms with van der Waals surface area (Å²) in [6.45, 7) is 8.90. The van der Waals surface area contributed by atoms with E-state index in [1.165, 1.54) is 12.4 Å². The second-order valence-corrected chi connectivity index (χ2v) is 13.7. The number of morpholine rings is 1. The molecule has 0 unspecified atom stereocenters. The van der Waals surface area contributed by atoms with Gasteiger partial charge in [-0.2, -0.15) is 4.98 Å². The Hall–Kier alpha value is -3.36. The standard InChI is InChI=1S/C29H37ClN8O4S/c1-20(2)43(40,41)28-25(7-4-10-31-28)35-27-24(30)18-32-29(36-27)34-22-6-3-5-21(17-22)33-26(39)19-37-11-8-23(9-12-37)38-13-15-42-16-14-38/h3-7,10,17-18,20,23H,8-9,11-16,19H2,1-2H3,(H,33,39)(H2,32,34,35,36). The first kappa shape index (κ1) is 31.1. The molecule has 2 aliphatic rings. The van der Waals surface area contributed by atoms with Crippen molar-refractivity contribution in [3.05, 3.63) is 53.8 Å². The van der Waals surface area contributed by atoms with E-state index in [9.17, 15) is 13.2 Å². The highest BCUT2D eigenvalue weighted by atomic mass is 35.5. The van der Waals surface area contributed by atoms with Crippen LogP contribution >= 0.6 is 11.6 Å². The maximum absolute atomic E-state index is 12.8. The van der Waals surface area contributed by atoms with Gasteiger partial charge in [-0.05, 0) is 57.0 Å². The van der Waals surface area contributed by atoms with Crippen LogP contribution in [0.15, 0.2) is 53.8 Å². The molecule has 14 heteroatoms. The third kappa shape index (κ3) is 7.98. The summed E-state index contributed by atoms with van der Waals surface area (Å²) in [6.07, 6.45) is 4.95. The van der Waals surface area contributed by atoms with Crippen LogP contribution in [0.1, 0.15) is 26.7 Å². The van der Waals surface area contributed by atoms with Gasteiger partial charge in [0, 0.05) is 49.8 Å². The molecular weight excluding hydrogens is 592 g/mol. The predicted molar refractivity (Wildman–Crippen MR) is 167 cm³/mol. The fourth-order valence-corrected chi connectivity index (χ4v) is 6.39. The van der Waals surface area contributed by atoms with Crippen LogP contribution in [0, 0.1) is 0 Å². The van der Waals surface area contributed by atoms with Gasteiger partial charge in [-0.15, -0.1) is 0 Å². The normalized spacial score (nSPS) is 17.1. The lowest BCUT2D eigenvalue weighted by Gasteiger charge is -2.39. The molecule has 3 aromatic rings. The number of anilines is 5. The highest BCUT2D eigenvalue weighted by Gasteiger charge is 2.27. The summed E-state index contributed by atoms with van der Waals surface area (Å²) < 4.78 is 31.1. The van der Waals surface area contributed by atoms with E-state index < -0.39 is 15.1 Å². The van der Waals surface area contributed by atoms with Crippen LogP contribution in [0.4, 0.5) is 28.8 Å². The van der Waals surface area contributed by atoms with Gasteiger partial charge < -0.3 is 20.7 Å². The molecule has 0 saturated carbocycles. The SMILES string of the molecule is CC(C)S(=O)(=O)c1ncccc1Nc1nc(Nc2cccc(NC(=O)CN3CCC(N4CCOCC4)CC3)c2)ncc1Cl. The van der Waals surface area contributed by atoms with Crippen molar-refractivity contribution in [3.63, 3.8) is 0 Å². The number of amides is 1. The van der Waals surface area contributed by atoms with Gasteiger partial charge in [-0.1, -0.05) is 17.7 Å². The van der Waals surface area contributed by atoms with E-state index in [-0.39, 0.29) is 33.4 Å². The summed E-state index contributed by atoms with van der Waals surface area (Å²) in [6, 6.07) is 11.1. The Morgan fingerprint density at radius 1 is 1.05 bits per heavy atom. The molecule has 230 valence electrons. The van der Waals surface area contributed by atoms with E-state index in [4.69, 9.17) is 16.3 Å². The predicted octanol–water partition coefficient (Wildman–Crippen LogP) is 3.93. The van der Waals surface area contributed by atoms with Crippen molar-refractivity contribution in [1.82, 2.24) is 24.8 Å². The van der Waals surface area contributed by atoms with Crippen LogP contribution in [0.5, 0.6) is 0 Å². The van der Waals surface area contributed by atoms with E-state index in [1.54, 1.807) is 32.0 Å². The number of sulfone groups is 1. The number of pyridine rings is 1. The Morgan fingerprint density at radius 2 is 1.79 bits per heavy atom. The number of likely N-dealkylation sites (tertiary alicyclic amines) is 1. The second kappa shape index (κ2) is 14.0. The minimum absolute atomic E-state index is 0.0696. The molecule has 1 amide bonds. The molecule has 2 fully saturated rings. The molecule has 12 nitrogen and oxygen atoms in total. The zero-order chi connectivity index (χ0) is 30.4. The van der Waals surface area contributed by atoms with Crippen LogP contribution in [0.2, 0.25) is 5.02 Å². The zero-order valence-electron chi connectivity index (χ0n) is 24.3. The number of nitrogens with zero attached hydrogens (tertiary/aromatic N) is 5. The molecule has 0 aliphatic carbocycles. The second-order valence-electron chi connectivity index (χ2n) is 10.9. The van der Waals surface area contributed by atoms with Crippen LogP contribution in [-0.4, -0.2) is 96.3 Å². The number of benzene rings is 1. The molecule has 2 aliphatic heterocycles. The molecular formula is C29H37ClN8O4S. The number of aromatic nitrogens is 3. The largest absolute Gasteiger partial charge is 0.379 e. The fourth-order valence-electron chi connectivity index (χ4n) is 5.17. The van der Waals surface area contributed by atoms with Crippen molar-refractivity contribution in [1.29, 1.82) is 0 Å². The van der Waals surface area contributed by atoms with Gasteiger partial charge in [0.25, 0.3) is 0 Å². The number of carbonyl (C=O) groups is 1. The van der Waals surface area contributed by atoms with Gasteiger partial charge in [0.2, 0.25) is 11.9 Å². The van der Waals surface area contributed by atoms with Crippen molar-refractivity contribution in [3.8, 4) is 0 Å². The number of piperidine rings is 1. The molecule has 5 rings (SSSR count). The van der Waals surface area contributed by atoms with Crippen molar-refractivity contribution < 1.29 is 17.9 Å². The van der Waals surface area contributed by atoms with E-state index in [0.717, 1.165) is 52.2 Å². The lowest BCUT2D eigenvalue weighted by molar-refractivity contribution is -0.117. The van der Waals surface area contributed by atoms with Crippen molar-refractivity contribution in [2.45, 2.75) is 43.0 Å². The molecule has 2 saturated heterocycles. The van der Waals surface area contributed by atoms with Gasteiger partial charge in [0.05, 0.1) is 36.9 Å². The summed E-state index contributed by atoms with van der Waals surface area (Å²) >= 11 is 6.34. The first-order valence-corrected chi connectivity index (χ1v) is 16.3. The Balaban J connectivity index is 1.19.